The van der Waals surface area contributed by atoms with E-state index in [1.807, 2.05) is 13.8 Å². The third-order valence-corrected chi connectivity index (χ3v) is 4.76. The number of halogens is 1. The highest BCUT2D eigenvalue weighted by Gasteiger charge is 2.49. The Balaban J connectivity index is 3.28. The van der Waals surface area contributed by atoms with Crippen molar-refractivity contribution in [2.45, 2.75) is 39.7 Å². The van der Waals surface area contributed by atoms with E-state index in [9.17, 15) is 14.7 Å². The molecule has 0 radical (unpaired) electrons. The Hall–Kier alpha value is -1.20. The molecule has 110 valence electrons. The van der Waals surface area contributed by atoms with Gasteiger partial charge in [0.1, 0.15) is 5.60 Å². The largest absolute Gasteiger partial charge is 0.478 e. The van der Waals surface area contributed by atoms with Gasteiger partial charge in [-0.1, -0.05) is 19.9 Å². The van der Waals surface area contributed by atoms with Crippen molar-refractivity contribution in [3.8, 4) is 0 Å². The summed E-state index contributed by atoms with van der Waals surface area (Å²) in [6.07, 6.45) is 4.41. The van der Waals surface area contributed by atoms with Crippen LogP contribution < -0.4 is 0 Å². The van der Waals surface area contributed by atoms with Crippen molar-refractivity contribution in [1.29, 1.82) is 0 Å². The van der Waals surface area contributed by atoms with Crippen LogP contribution in [0.2, 0.25) is 0 Å². The van der Waals surface area contributed by atoms with Crippen LogP contribution in [0.5, 0.6) is 0 Å². The SMILES string of the molecule is CC1=C(Br)C(=O)CC(C)(C)[C@@]1(O)/C=C/C(C)=C\C(=O)O. The lowest BCUT2D eigenvalue weighted by Gasteiger charge is -2.44. The standard InChI is InChI=1S/C15H19BrO4/c1-9(7-12(18)19)5-6-15(20)10(2)13(16)11(17)8-14(15,3)4/h5-7,20H,8H2,1-4H3,(H,18,19)/b6-5+,9-7-/t15-/m1/s1. The zero-order chi connectivity index (χ0) is 15.7. The molecule has 0 aromatic rings. The second-order valence-corrected chi connectivity index (χ2v) is 6.54. The van der Waals surface area contributed by atoms with E-state index in [-0.39, 0.29) is 12.2 Å². The molecule has 1 aliphatic rings. The highest BCUT2D eigenvalue weighted by molar-refractivity contribution is 9.12. The quantitative estimate of drug-likeness (QED) is 0.610. The predicted molar refractivity (Wildman–Crippen MR) is 80.5 cm³/mol. The number of aliphatic carboxylic acids is 1. The molecule has 0 saturated heterocycles. The zero-order valence-electron chi connectivity index (χ0n) is 12.0. The molecule has 1 rings (SSSR count). The van der Waals surface area contributed by atoms with Crippen LogP contribution in [-0.4, -0.2) is 27.6 Å². The summed E-state index contributed by atoms with van der Waals surface area (Å²) in [5.74, 6) is -1.07. The number of hydrogen-bond acceptors (Lipinski definition) is 3. The summed E-state index contributed by atoms with van der Waals surface area (Å²) in [5.41, 5.74) is -0.903. The fourth-order valence-electron chi connectivity index (χ4n) is 2.34. The van der Waals surface area contributed by atoms with Gasteiger partial charge in [0.25, 0.3) is 0 Å². The molecule has 5 heteroatoms. The number of allylic oxidation sites excluding steroid dienone is 3. The van der Waals surface area contributed by atoms with Gasteiger partial charge in [0.15, 0.2) is 5.78 Å². The minimum Gasteiger partial charge on any atom is -0.478 e. The molecule has 0 amide bonds. The number of carbonyl (C=O) groups excluding carboxylic acids is 1. The molecule has 0 spiro atoms. The number of Topliss-reactive ketones (excluding diaryl/α,β-unsaturated/α-hetero) is 1. The van der Waals surface area contributed by atoms with Crippen molar-refractivity contribution >= 4 is 27.7 Å². The second kappa shape index (κ2) is 5.66. The number of rotatable bonds is 3. The molecule has 2 N–H and O–H groups in total. The van der Waals surface area contributed by atoms with Crippen molar-refractivity contribution in [2.24, 2.45) is 5.41 Å². The van der Waals surface area contributed by atoms with E-state index in [2.05, 4.69) is 15.9 Å². The fourth-order valence-corrected chi connectivity index (χ4v) is 2.79. The number of hydrogen-bond donors (Lipinski definition) is 2. The van der Waals surface area contributed by atoms with Gasteiger partial charge in [0.2, 0.25) is 0 Å². The smallest absolute Gasteiger partial charge is 0.328 e. The van der Waals surface area contributed by atoms with Crippen LogP contribution in [0, 0.1) is 5.41 Å². The summed E-state index contributed by atoms with van der Waals surface area (Å²) < 4.78 is 0.392. The molecular weight excluding hydrogens is 324 g/mol. The van der Waals surface area contributed by atoms with E-state index in [4.69, 9.17) is 5.11 Å². The Kier molecular flexibility index (Phi) is 4.77. The normalized spacial score (nSPS) is 27.3. The van der Waals surface area contributed by atoms with Crippen LogP contribution in [0.1, 0.15) is 34.1 Å². The maximum absolute atomic E-state index is 11.9. The fraction of sp³-hybridized carbons (Fsp3) is 0.467. The van der Waals surface area contributed by atoms with Gasteiger partial charge < -0.3 is 10.2 Å². The first-order chi connectivity index (χ1) is 9.01. The molecule has 0 saturated carbocycles. The Morgan fingerprint density at radius 1 is 1.40 bits per heavy atom. The summed E-state index contributed by atoms with van der Waals surface area (Å²) in [4.78, 5) is 22.5. The number of carboxylic acid groups (broad SMARTS) is 1. The third-order valence-electron chi connectivity index (χ3n) is 3.72. The Labute approximate surface area is 127 Å². The molecule has 0 unspecified atom stereocenters. The summed E-state index contributed by atoms with van der Waals surface area (Å²) in [6.45, 7) is 6.97. The monoisotopic (exact) mass is 342 g/mol. The van der Waals surface area contributed by atoms with Gasteiger partial charge in [-0.25, -0.2) is 4.79 Å². The van der Waals surface area contributed by atoms with E-state index in [1.165, 1.54) is 0 Å². The second-order valence-electron chi connectivity index (χ2n) is 5.75. The average molecular weight is 343 g/mol. The molecule has 1 atom stereocenters. The van der Waals surface area contributed by atoms with Crippen LogP contribution in [0.3, 0.4) is 0 Å². The number of carboxylic acids is 1. The van der Waals surface area contributed by atoms with Crippen LogP contribution in [0.15, 0.2) is 33.9 Å². The minimum atomic E-state index is -1.30. The van der Waals surface area contributed by atoms with Crippen LogP contribution in [0.4, 0.5) is 0 Å². The molecule has 0 bridgehead atoms. The van der Waals surface area contributed by atoms with Gasteiger partial charge in [-0.15, -0.1) is 0 Å². The molecular formula is C15H19BrO4. The minimum absolute atomic E-state index is 0.0385. The zero-order valence-corrected chi connectivity index (χ0v) is 13.6. The lowest BCUT2D eigenvalue weighted by Crippen LogP contribution is -2.48. The first kappa shape index (κ1) is 16.9. The van der Waals surface area contributed by atoms with Gasteiger partial charge in [0, 0.05) is 17.9 Å². The molecule has 0 fully saturated rings. The van der Waals surface area contributed by atoms with Crippen LogP contribution in [0.25, 0.3) is 0 Å². The molecule has 0 aromatic heterocycles. The first-order valence-corrected chi connectivity index (χ1v) is 7.03. The van der Waals surface area contributed by atoms with Crippen molar-refractivity contribution in [2.75, 3.05) is 0 Å². The first-order valence-electron chi connectivity index (χ1n) is 6.24. The van der Waals surface area contributed by atoms with E-state index in [0.717, 1.165) is 6.08 Å². The van der Waals surface area contributed by atoms with E-state index in [0.29, 0.717) is 15.6 Å². The van der Waals surface area contributed by atoms with Crippen molar-refractivity contribution in [3.63, 3.8) is 0 Å². The maximum Gasteiger partial charge on any atom is 0.328 e. The molecule has 0 aromatic carbocycles. The highest BCUT2D eigenvalue weighted by atomic mass is 79.9. The van der Waals surface area contributed by atoms with Crippen molar-refractivity contribution < 1.29 is 19.8 Å². The Morgan fingerprint density at radius 2 is 1.95 bits per heavy atom. The predicted octanol–water partition coefficient (Wildman–Crippen LogP) is 2.97. The number of aliphatic hydroxyl groups is 1. The average Bonchev–Trinajstić information content (AvgIpc) is 2.30. The lowest BCUT2D eigenvalue weighted by atomic mass is 9.64. The van der Waals surface area contributed by atoms with E-state index in [1.54, 1.807) is 26.0 Å². The number of ketones is 1. The molecule has 1 aliphatic carbocycles. The lowest BCUT2D eigenvalue weighted by molar-refractivity contribution is -0.131. The Morgan fingerprint density at radius 3 is 2.45 bits per heavy atom. The molecule has 0 aliphatic heterocycles. The van der Waals surface area contributed by atoms with Crippen LogP contribution >= 0.6 is 15.9 Å². The Bertz CT molecular complexity index is 540. The summed E-state index contributed by atoms with van der Waals surface area (Å²) in [5, 5.41) is 19.6. The van der Waals surface area contributed by atoms with Crippen molar-refractivity contribution in [3.05, 3.63) is 33.9 Å². The van der Waals surface area contributed by atoms with Gasteiger partial charge in [-0.05, 0) is 47.0 Å². The van der Waals surface area contributed by atoms with Gasteiger partial charge in [-0.3, -0.25) is 4.79 Å². The summed E-state index contributed by atoms with van der Waals surface area (Å²) in [7, 11) is 0. The molecule has 0 heterocycles. The van der Waals surface area contributed by atoms with E-state index < -0.39 is 17.0 Å². The third kappa shape index (κ3) is 3.10. The van der Waals surface area contributed by atoms with E-state index >= 15 is 0 Å². The summed E-state index contributed by atoms with van der Waals surface area (Å²) in [6, 6.07) is 0. The van der Waals surface area contributed by atoms with Crippen LogP contribution in [-0.2, 0) is 9.59 Å². The van der Waals surface area contributed by atoms with Crippen molar-refractivity contribution in [1.82, 2.24) is 0 Å². The molecule has 20 heavy (non-hydrogen) atoms. The van der Waals surface area contributed by atoms with Gasteiger partial charge in [-0.2, -0.15) is 0 Å². The topological polar surface area (TPSA) is 74.6 Å². The van der Waals surface area contributed by atoms with Gasteiger partial charge in [0.05, 0.1) is 4.48 Å². The highest BCUT2D eigenvalue weighted by Crippen LogP contribution is 2.47. The maximum atomic E-state index is 11.9. The summed E-state index contributed by atoms with van der Waals surface area (Å²) >= 11 is 3.22. The number of carbonyl (C=O) groups is 2. The van der Waals surface area contributed by atoms with Gasteiger partial charge >= 0.3 is 5.97 Å². The molecule has 4 nitrogen and oxygen atoms in total.